The molecule has 1 aliphatic heterocycles. The molecule has 0 N–H and O–H groups in total. The van der Waals surface area contributed by atoms with E-state index in [-0.39, 0.29) is 6.10 Å². The van der Waals surface area contributed by atoms with Crippen molar-refractivity contribution < 1.29 is 14.2 Å². The molecule has 0 spiro atoms. The number of aromatic nitrogens is 2. The lowest BCUT2D eigenvalue weighted by molar-refractivity contribution is -0.189. The zero-order valence-electron chi connectivity index (χ0n) is 14.4. The van der Waals surface area contributed by atoms with E-state index in [2.05, 4.69) is 4.98 Å². The third kappa shape index (κ3) is 4.12. The van der Waals surface area contributed by atoms with Crippen LogP contribution in [0.2, 0.25) is 10.0 Å². The summed E-state index contributed by atoms with van der Waals surface area (Å²) in [4.78, 5) is 4.09. The van der Waals surface area contributed by atoms with E-state index in [1.165, 1.54) is 0 Å². The molecule has 0 aliphatic carbocycles. The minimum absolute atomic E-state index is 0.236. The van der Waals surface area contributed by atoms with Crippen molar-refractivity contribution in [3.8, 4) is 5.75 Å². The van der Waals surface area contributed by atoms with Crippen LogP contribution >= 0.6 is 23.2 Å². The highest BCUT2D eigenvalue weighted by atomic mass is 35.5. The molecule has 27 heavy (non-hydrogen) atoms. The Bertz CT molecular complexity index is 890. The first kappa shape index (κ1) is 18.3. The molecule has 4 rings (SSSR count). The van der Waals surface area contributed by atoms with Crippen LogP contribution in [0.25, 0.3) is 0 Å². The quantitative estimate of drug-likeness (QED) is 0.604. The first-order chi connectivity index (χ1) is 13.1. The summed E-state index contributed by atoms with van der Waals surface area (Å²) in [6.07, 6.45) is 5.04. The van der Waals surface area contributed by atoms with Crippen LogP contribution in [0.3, 0.4) is 0 Å². The Hall–Kier alpha value is -2.05. The Morgan fingerprint density at radius 1 is 1.19 bits per heavy atom. The average Bonchev–Trinajstić information content (AvgIpc) is 3.32. The van der Waals surface area contributed by atoms with Crippen LogP contribution in [-0.2, 0) is 21.8 Å². The minimum atomic E-state index is -1.03. The van der Waals surface area contributed by atoms with Crippen molar-refractivity contribution in [2.75, 3.05) is 13.2 Å². The smallest absolute Gasteiger partial charge is 0.215 e. The molecule has 0 saturated carbocycles. The number of hydrogen-bond donors (Lipinski definition) is 0. The van der Waals surface area contributed by atoms with Gasteiger partial charge in [-0.3, -0.25) is 0 Å². The summed E-state index contributed by atoms with van der Waals surface area (Å²) in [5.74, 6) is -0.245. The Morgan fingerprint density at radius 3 is 2.78 bits per heavy atom. The normalized spacial score (nSPS) is 22.1. The average molecular weight is 405 g/mol. The molecule has 2 atom stereocenters. The number of benzene rings is 2. The fourth-order valence-electron chi connectivity index (χ4n) is 3.08. The van der Waals surface area contributed by atoms with Gasteiger partial charge >= 0.3 is 0 Å². The molecular formula is C20H18Cl2N2O3. The van der Waals surface area contributed by atoms with Crippen molar-refractivity contribution in [2.24, 2.45) is 0 Å². The van der Waals surface area contributed by atoms with Gasteiger partial charge < -0.3 is 18.8 Å². The molecule has 1 fully saturated rings. The number of halogens is 2. The molecule has 5 nitrogen and oxygen atoms in total. The molecule has 0 bridgehead atoms. The molecule has 2 heterocycles. The maximum absolute atomic E-state index is 6.46. The molecule has 1 saturated heterocycles. The van der Waals surface area contributed by atoms with Crippen molar-refractivity contribution >= 4 is 23.2 Å². The maximum atomic E-state index is 6.46. The Balaban J connectivity index is 1.56. The Morgan fingerprint density at radius 2 is 2.04 bits per heavy atom. The third-order valence-corrected chi connectivity index (χ3v) is 4.88. The molecule has 0 unspecified atom stereocenters. The van der Waals surface area contributed by atoms with Crippen molar-refractivity contribution in [2.45, 2.75) is 18.4 Å². The second-order valence-corrected chi connectivity index (χ2v) is 7.13. The van der Waals surface area contributed by atoms with Crippen LogP contribution in [0.4, 0.5) is 0 Å². The molecule has 1 aliphatic rings. The number of imidazole rings is 1. The summed E-state index contributed by atoms with van der Waals surface area (Å²) < 4.78 is 20.2. The highest BCUT2D eigenvalue weighted by Crippen LogP contribution is 2.40. The summed E-state index contributed by atoms with van der Waals surface area (Å²) in [5.41, 5.74) is 0.726. The topological polar surface area (TPSA) is 45.5 Å². The number of nitrogens with zero attached hydrogens (tertiary/aromatic N) is 2. The van der Waals surface area contributed by atoms with Crippen molar-refractivity contribution in [1.82, 2.24) is 9.55 Å². The SMILES string of the molecule is Clc1ccc([C@]2(Cn3ccnc3)OC[C@@H](COc3ccccc3)O2)c(Cl)c1. The standard InChI is InChI=1S/C20H18Cl2N2O3/c21-15-6-7-18(19(22)10-15)20(13-24-9-8-23-14-24)26-12-17(27-20)11-25-16-4-2-1-3-5-16/h1-10,14,17H,11-13H2/t17-,20-/m1/s1. The monoisotopic (exact) mass is 404 g/mol. The van der Waals surface area contributed by atoms with Crippen LogP contribution < -0.4 is 4.74 Å². The summed E-state index contributed by atoms with van der Waals surface area (Å²) in [6, 6.07) is 14.9. The lowest BCUT2D eigenvalue weighted by atomic mass is 10.1. The van der Waals surface area contributed by atoms with E-state index in [1.54, 1.807) is 24.7 Å². The molecular weight excluding hydrogens is 387 g/mol. The first-order valence-corrected chi connectivity index (χ1v) is 9.31. The van der Waals surface area contributed by atoms with E-state index >= 15 is 0 Å². The number of hydrogen-bond acceptors (Lipinski definition) is 4. The van der Waals surface area contributed by atoms with Crippen molar-refractivity contribution in [1.29, 1.82) is 0 Å². The van der Waals surface area contributed by atoms with E-state index in [4.69, 9.17) is 37.4 Å². The van der Waals surface area contributed by atoms with Gasteiger partial charge in [0.2, 0.25) is 5.79 Å². The highest BCUT2D eigenvalue weighted by molar-refractivity contribution is 6.35. The van der Waals surface area contributed by atoms with Gasteiger partial charge in [-0.1, -0.05) is 47.5 Å². The van der Waals surface area contributed by atoms with Crippen LogP contribution in [-0.4, -0.2) is 28.9 Å². The molecule has 7 heteroatoms. The predicted molar refractivity (Wildman–Crippen MR) is 103 cm³/mol. The second kappa shape index (κ2) is 7.90. The summed E-state index contributed by atoms with van der Waals surface area (Å²) in [6.45, 7) is 1.18. The molecule has 3 aromatic rings. The van der Waals surface area contributed by atoms with Gasteiger partial charge in [-0.15, -0.1) is 0 Å². The van der Waals surface area contributed by atoms with E-state index < -0.39 is 5.79 Å². The number of para-hydroxylation sites is 1. The van der Waals surface area contributed by atoms with Crippen LogP contribution in [0.1, 0.15) is 5.56 Å². The highest BCUT2D eigenvalue weighted by Gasteiger charge is 2.45. The summed E-state index contributed by atoms with van der Waals surface area (Å²) in [7, 11) is 0. The second-order valence-electron chi connectivity index (χ2n) is 6.29. The lowest BCUT2D eigenvalue weighted by Crippen LogP contribution is -2.34. The maximum Gasteiger partial charge on any atom is 0.215 e. The van der Waals surface area contributed by atoms with Gasteiger partial charge in [-0.05, 0) is 24.3 Å². The van der Waals surface area contributed by atoms with Gasteiger partial charge in [0.25, 0.3) is 0 Å². The molecule has 1 aromatic heterocycles. The first-order valence-electron chi connectivity index (χ1n) is 8.55. The van der Waals surface area contributed by atoms with E-state index in [1.807, 2.05) is 47.2 Å². The number of rotatable bonds is 6. The van der Waals surface area contributed by atoms with Gasteiger partial charge in [-0.25, -0.2) is 4.98 Å². The van der Waals surface area contributed by atoms with E-state index in [0.29, 0.717) is 29.8 Å². The summed E-state index contributed by atoms with van der Waals surface area (Å²) in [5, 5.41) is 1.05. The van der Waals surface area contributed by atoms with Crippen LogP contribution in [0.5, 0.6) is 5.75 Å². The zero-order chi connectivity index (χ0) is 18.7. The van der Waals surface area contributed by atoms with Crippen molar-refractivity contribution in [3.05, 3.63) is 82.9 Å². The Labute approximate surface area is 167 Å². The lowest BCUT2D eigenvalue weighted by Gasteiger charge is -2.30. The van der Waals surface area contributed by atoms with Crippen LogP contribution in [0, 0.1) is 0 Å². The van der Waals surface area contributed by atoms with Gasteiger partial charge in [-0.2, -0.15) is 0 Å². The van der Waals surface area contributed by atoms with Gasteiger partial charge in [0.05, 0.1) is 24.5 Å². The van der Waals surface area contributed by atoms with Gasteiger partial charge in [0, 0.05) is 23.0 Å². The van der Waals surface area contributed by atoms with E-state index in [0.717, 1.165) is 11.3 Å². The summed E-state index contributed by atoms with van der Waals surface area (Å²) >= 11 is 12.5. The third-order valence-electron chi connectivity index (χ3n) is 4.33. The molecule has 140 valence electrons. The molecule has 0 radical (unpaired) electrons. The largest absolute Gasteiger partial charge is 0.491 e. The minimum Gasteiger partial charge on any atom is -0.491 e. The zero-order valence-corrected chi connectivity index (χ0v) is 15.9. The van der Waals surface area contributed by atoms with E-state index in [9.17, 15) is 0 Å². The molecule has 0 amide bonds. The Kier molecular flexibility index (Phi) is 5.36. The number of ether oxygens (including phenoxy) is 3. The fraction of sp³-hybridized carbons (Fsp3) is 0.250. The van der Waals surface area contributed by atoms with Gasteiger partial charge in [0.1, 0.15) is 18.5 Å². The van der Waals surface area contributed by atoms with Crippen molar-refractivity contribution in [3.63, 3.8) is 0 Å². The predicted octanol–water partition coefficient (Wildman–Crippen LogP) is 4.54. The fourth-order valence-corrected chi connectivity index (χ4v) is 3.63. The van der Waals surface area contributed by atoms with Crippen LogP contribution in [0.15, 0.2) is 67.3 Å². The molecule has 2 aromatic carbocycles. The van der Waals surface area contributed by atoms with Gasteiger partial charge in [0.15, 0.2) is 0 Å².